The van der Waals surface area contributed by atoms with Gasteiger partial charge in [0.05, 0.1) is 25.0 Å². The molecule has 0 bridgehead atoms. The summed E-state index contributed by atoms with van der Waals surface area (Å²) in [6.07, 6.45) is -0.150. The molecule has 1 aromatic rings. The standard InChI is InChI=1S/C14H16ClN3O3S.CH3O.BrH/c1-17-7-16-13-18(8-17)14(21,11(22-13)6-12(19)20)9-2-4-10(15)5-3-9;1-2;/h2-5,11,21H,6-8H2,1H3,(H,19,20);1H3;1H/q;-1;. The zero-order chi connectivity index (χ0) is 17.9. The molecular weight excluding hydrogens is 434 g/mol. The molecule has 2 unspecified atom stereocenters. The lowest BCUT2D eigenvalue weighted by Crippen LogP contribution is -2.54. The Kier molecular flexibility index (Phi) is 8.17. The van der Waals surface area contributed by atoms with Gasteiger partial charge in [0.15, 0.2) is 10.9 Å². The molecule has 3 rings (SSSR count). The number of aliphatic carboxylic acids is 1. The molecule has 2 atom stereocenters. The SMILES string of the molecule is Br.CN1CN=C2SC(CC(=O)O)C(O)(c3ccc(Cl)cc3)N2C1.C[O-]. The number of halogens is 2. The van der Waals surface area contributed by atoms with Crippen LogP contribution in [-0.2, 0) is 10.5 Å². The van der Waals surface area contributed by atoms with Gasteiger partial charge in [-0.2, -0.15) is 7.11 Å². The molecule has 1 saturated heterocycles. The first-order valence-corrected chi connectivity index (χ1v) is 8.45. The number of fused-ring (bicyclic) bond motifs is 1. The molecule has 140 valence electrons. The van der Waals surface area contributed by atoms with Gasteiger partial charge in [-0.15, -0.1) is 17.0 Å². The van der Waals surface area contributed by atoms with Gasteiger partial charge in [0.1, 0.15) is 0 Å². The summed E-state index contributed by atoms with van der Waals surface area (Å²) < 4.78 is 0. The second-order valence-electron chi connectivity index (χ2n) is 5.45. The first-order valence-electron chi connectivity index (χ1n) is 7.19. The molecule has 2 heterocycles. The zero-order valence-electron chi connectivity index (χ0n) is 13.8. The highest BCUT2D eigenvalue weighted by molar-refractivity contribution is 8.93. The van der Waals surface area contributed by atoms with E-state index in [0.717, 1.165) is 7.11 Å². The van der Waals surface area contributed by atoms with E-state index < -0.39 is 16.9 Å². The van der Waals surface area contributed by atoms with Crippen LogP contribution in [-0.4, -0.2) is 63.9 Å². The maximum Gasteiger partial charge on any atom is 0.304 e. The largest absolute Gasteiger partial charge is 0.857 e. The molecule has 2 aliphatic heterocycles. The molecule has 0 aromatic heterocycles. The van der Waals surface area contributed by atoms with Crippen molar-refractivity contribution in [2.45, 2.75) is 17.4 Å². The molecule has 0 spiro atoms. The summed E-state index contributed by atoms with van der Waals surface area (Å²) in [7, 11) is 2.65. The van der Waals surface area contributed by atoms with Crippen LogP contribution in [0.3, 0.4) is 0 Å². The summed E-state index contributed by atoms with van der Waals surface area (Å²) in [5, 5.41) is 29.5. The number of carboxylic acid groups (broad SMARTS) is 1. The van der Waals surface area contributed by atoms with E-state index in [9.17, 15) is 9.90 Å². The Balaban J connectivity index is 0.00000101. The number of hydrogen-bond acceptors (Lipinski definition) is 7. The van der Waals surface area contributed by atoms with E-state index in [1.165, 1.54) is 11.8 Å². The summed E-state index contributed by atoms with van der Waals surface area (Å²) in [6.45, 7) is 1.02. The van der Waals surface area contributed by atoms with Crippen LogP contribution in [0.4, 0.5) is 0 Å². The topological polar surface area (TPSA) is 99.4 Å². The van der Waals surface area contributed by atoms with Gasteiger partial charge in [0.25, 0.3) is 0 Å². The van der Waals surface area contributed by atoms with Gasteiger partial charge in [-0.3, -0.25) is 9.69 Å². The quantitative estimate of drug-likeness (QED) is 0.708. The van der Waals surface area contributed by atoms with Crippen molar-refractivity contribution in [3.05, 3.63) is 34.9 Å². The first kappa shape index (κ1) is 22.2. The lowest BCUT2D eigenvalue weighted by atomic mass is 9.95. The summed E-state index contributed by atoms with van der Waals surface area (Å²) in [4.78, 5) is 19.3. The van der Waals surface area contributed by atoms with E-state index in [1.807, 2.05) is 11.9 Å². The molecule has 10 heteroatoms. The smallest absolute Gasteiger partial charge is 0.304 e. The van der Waals surface area contributed by atoms with Crippen molar-refractivity contribution in [3.63, 3.8) is 0 Å². The lowest BCUT2D eigenvalue weighted by Gasteiger charge is -2.41. The fourth-order valence-corrected chi connectivity index (χ4v) is 4.22. The molecular formula is C15H20BrClN3O4S-. The van der Waals surface area contributed by atoms with Crippen molar-refractivity contribution in [2.75, 3.05) is 27.5 Å². The number of aliphatic imine (C=N–C) groups is 1. The number of nitrogens with zero attached hydrogens (tertiary/aromatic N) is 3. The van der Waals surface area contributed by atoms with Crippen molar-refractivity contribution in [2.24, 2.45) is 4.99 Å². The van der Waals surface area contributed by atoms with Crippen molar-refractivity contribution < 1.29 is 20.1 Å². The lowest BCUT2D eigenvalue weighted by molar-refractivity contribution is -0.325. The minimum Gasteiger partial charge on any atom is -0.857 e. The number of carboxylic acids is 1. The van der Waals surface area contributed by atoms with Gasteiger partial charge in [0, 0.05) is 10.6 Å². The van der Waals surface area contributed by atoms with Crippen LogP contribution in [0, 0.1) is 0 Å². The third-order valence-corrected chi connectivity index (χ3v) is 5.39. The number of carbonyl (C=O) groups is 1. The van der Waals surface area contributed by atoms with Crippen LogP contribution in [0.1, 0.15) is 12.0 Å². The van der Waals surface area contributed by atoms with Crippen molar-refractivity contribution in [3.8, 4) is 0 Å². The highest BCUT2D eigenvalue weighted by Gasteiger charge is 2.54. The van der Waals surface area contributed by atoms with Gasteiger partial charge in [-0.25, -0.2) is 4.99 Å². The van der Waals surface area contributed by atoms with Crippen molar-refractivity contribution in [1.82, 2.24) is 9.80 Å². The first-order chi connectivity index (χ1) is 11.4. The number of thioether (sulfide) groups is 1. The van der Waals surface area contributed by atoms with Crippen molar-refractivity contribution >= 4 is 51.5 Å². The van der Waals surface area contributed by atoms with Gasteiger partial charge in [-0.05, 0) is 19.2 Å². The van der Waals surface area contributed by atoms with E-state index in [0.29, 0.717) is 29.1 Å². The van der Waals surface area contributed by atoms with Crippen LogP contribution < -0.4 is 5.11 Å². The number of benzene rings is 1. The van der Waals surface area contributed by atoms with Gasteiger partial charge in [-0.1, -0.05) is 35.5 Å². The van der Waals surface area contributed by atoms with Gasteiger partial charge < -0.3 is 20.2 Å². The van der Waals surface area contributed by atoms with E-state index in [-0.39, 0.29) is 23.4 Å². The summed E-state index contributed by atoms with van der Waals surface area (Å²) in [5.74, 6) is -0.946. The van der Waals surface area contributed by atoms with Crippen LogP contribution in [0.5, 0.6) is 0 Å². The molecule has 2 N–H and O–H groups in total. The molecule has 0 aliphatic carbocycles. The molecule has 1 fully saturated rings. The Morgan fingerprint density at radius 2 is 2.04 bits per heavy atom. The average Bonchev–Trinajstić information content (AvgIpc) is 2.83. The number of hydrogen-bond donors (Lipinski definition) is 2. The normalized spacial score (nSPS) is 25.2. The highest BCUT2D eigenvalue weighted by Crippen LogP contribution is 2.47. The highest BCUT2D eigenvalue weighted by atomic mass is 79.9. The monoisotopic (exact) mass is 452 g/mol. The third-order valence-electron chi connectivity index (χ3n) is 3.80. The molecule has 0 amide bonds. The fourth-order valence-electron chi connectivity index (χ4n) is 2.73. The maximum absolute atomic E-state index is 11.4. The Morgan fingerprint density at radius 1 is 1.44 bits per heavy atom. The molecule has 1 aromatic carbocycles. The number of rotatable bonds is 3. The van der Waals surface area contributed by atoms with Crippen LogP contribution in [0.25, 0.3) is 0 Å². The molecule has 2 aliphatic rings. The van der Waals surface area contributed by atoms with E-state index in [1.54, 1.807) is 29.2 Å². The van der Waals surface area contributed by atoms with Crippen LogP contribution in [0.15, 0.2) is 29.3 Å². The van der Waals surface area contributed by atoms with Crippen LogP contribution in [0.2, 0.25) is 5.02 Å². The Hall–Kier alpha value is -0.840. The van der Waals surface area contributed by atoms with E-state index >= 15 is 0 Å². The van der Waals surface area contributed by atoms with E-state index in [2.05, 4.69) is 4.99 Å². The zero-order valence-corrected chi connectivity index (χ0v) is 17.0. The maximum atomic E-state index is 11.4. The molecule has 0 radical (unpaired) electrons. The summed E-state index contributed by atoms with van der Waals surface area (Å²) >= 11 is 7.23. The third kappa shape index (κ3) is 4.47. The Morgan fingerprint density at radius 3 is 2.60 bits per heavy atom. The van der Waals surface area contributed by atoms with Gasteiger partial charge in [0.2, 0.25) is 0 Å². The average molecular weight is 454 g/mol. The van der Waals surface area contributed by atoms with E-state index in [4.69, 9.17) is 21.8 Å². The Labute approximate surface area is 166 Å². The second kappa shape index (κ2) is 9.20. The predicted molar refractivity (Wildman–Crippen MR) is 102 cm³/mol. The van der Waals surface area contributed by atoms with Crippen LogP contribution >= 0.6 is 40.3 Å². The minimum absolute atomic E-state index is 0. The number of amidine groups is 1. The minimum atomic E-state index is -1.42. The predicted octanol–water partition coefficient (Wildman–Crippen LogP) is 1.15. The Bertz CT molecular complexity index is 634. The molecule has 0 saturated carbocycles. The van der Waals surface area contributed by atoms with Gasteiger partial charge >= 0.3 is 5.97 Å². The summed E-state index contributed by atoms with van der Waals surface area (Å²) in [5.41, 5.74) is -0.794. The van der Waals surface area contributed by atoms with Crippen molar-refractivity contribution in [1.29, 1.82) is 0 Å². The second-order valence-corrected chi connectivity index (χ2v) is 7.05. The molecule has 25 heavy (non-hydrogen) atoms. The number of aliphatic hydroxyl groups is 1. The summed E-state index contributed by atoms with van der Waals surface area (Å²) in [6, 6.07) is 6.85. The fraction of sp³-hybridized carbons (Fsp3) is 0.467. The molecule has 7 nitrogen and oxygen atoms in total.